The lowest BCUT2D eigenvalue weighted by Gasteiger charge is -2.32. The zero-order chi connectivity index (χ0) is 13.2. The van der Waals surface area contributed by atoms with Crippen LogP contribution in [0.3, 0.4) is 0 Å². The number of hydrogen-bond donors (Lipinski definition) is 1. The Kier molecular flexibility index (Phi) is 4.20. The minimum absolute atomic E-state index is 0.161. The molecule has 1 N–H and O–H groups in total. The van der Waals surface area contributed by atoms with E-state index in [-0.39, 0.29) is 5.82 Å². The quantitative estimate of drug-likeness (QED) is 0.916. The number of rotatable bonds is 3. The second kappa shape index (κ2) is 5.90. The van der Waals surface area contributed by atoms with Crippen LogP contribution >= 0.6 is 15.9 Å². The van der Waals surface area contributed by atoms with Crippen LogP contribution in [0, 0.1) is 5.82 Å². The highest BCUT2D eigenvalue weighted by Gasteiger charge is 2.34. The molecule has 4 heteroatoms. The molecule has 0 spiro atoms. The van der Waals surface area contributed by atoms with Crippen LogP contribution in [-0.2, 0) is 6.54 Å². The maximum Gasteiger partial charge on any atom is 0.123 e. The fourth-order valence-electron chi connectivity index (χ4n) is 3.41. The van der Waals surface area contributed by atoms with Crippen LogP contribution in [0.1, 0.15) is 31.2 Å². The Balaban J connectivity index is 1.61. The molecule has 1 aromatic carbocycles. The zero-order valence-electron chi connectivity index (χ0n) is 11.0. The van der Waals surface area contributed by atoms with Gasteiger partial charge < -0.3 is 5.32 Å². The number of hydrogen-bond acceptors (Lipinski definition) is 2. The molecular formula is C15H20BrFN2. The van der Waals surface area contributed by atoms with Gasteiger partial charge in [0.15, 0.2) is 0 Å². The van der Waals surface area contributed by atoms with Gasteiger partial charge in [-0.05, 0) is 49.6 Å². The maximum atomic E-state index is 13.3. The second-order valence-electron chi connectivity index (χ2n) is 5.61. The van der Waals surface area contributed by atoms with Gasteiger partial charge in [0.2, 0.25) is 0 Å². The van der Waals surface area contributed by atoms with E-state index in [0.29, 0.717) is 12.1 Å². The minimum Gasteiger partial charge on any atom is -0.308 e. The van der Waals surface area contributed by atoms with Crippen molar-refractivity contribution in [2.75, 3.05) is 13.1 Å². The number of nitrogens with zero attached hydrogens (tertiary/aromatic N) is 1. The van der Waals surface area contributed by atoms with Crippen LogP contribution in [0.4, 0.5) is 4.39 Å². The van der Waals surface area contributed by atoms with Crippen molar-refractivity contribution in [2.24, 2.45) is 0 Å². The molecule has 1 aromatic rings. The van der Waals surface area contributed by atoms with Crippen molar-refractivity contribution in [1.82, 2.24) is 10.2 Å². The third-order valence-corrected chi connectivity index (χ3v) is 5.19. The summed E-state index contributed by atoms with van der Waals surface area (Å²) in [5, 5.41) is 3.63. The van der Waals surface area contributed by atoms with Gasteiger partial charge >= 0.3 is 0 Å². The Labute approximate surface area is 122 Å². The molecule has 0 amide bonds. The first-order chi connectivity index (χ1) is 9.24. The first-order valence-corrected chi connectivity index (χ1v) is 7.95. The van der Waals surface area contributed by atoms with E-state index in [0.717, 1.165) is 16.6 Å². The molecule has 0 radical (unpaired) electrons. The van der Waals surface area contributed by atoms with Gasteiger partial charge in [-0.15, -0.1) is 0 Å². The molecule has 2 aliphatic heterocycles. The van der Waals surface area contributed by atoms with Gasteiger partial charge in [0, 0.05) is 29.6 Å². The molecule has 19 heavy (non-hydrogen) atoms. The minimum atomic E-state index is -0.161. The van der Waals surface area contributed by atoms with Crippen LogP contribution in [0.2, 0.25) is 0 Å². The Bertz CT molecular complexity index is 452. The number of fused-ring (bicyclic) bond motifs is 1. The van der Waals surface area contributed by atoms with E-state index in [1.54, 1.807) is 12.1 Å². The Morgan fingerprint density at radius 1 is 1.26 bits per heavy atom. The Morgan fingerprint density at radius 3 is 3.05 bits per heavy atom. The largest absolute Gasteiger partial charge is 0.308 e. The van der Waals surface area contributed by atoms with Crippen molar-refractivity contribution in [3.63, 3.8) is 0 Å². The van der Waals surface area contributed by atoms with Crippen LogP contribution in [0.15, 0.2) is 22.7 Å². The smallest absolute Gasteiger partial charge is 0.123 e. The summed E-state index contributed by atoms with van der Waals surface area (Å²) < 4.78 is 14.2. The number of halogens is 2. The van der Waals surface area contributed by atoms with Crippen LogP contribution < -0.4 is 5.32 Å². The van der Waals surface area contributed by atoms with Crippen LogP contribution in [0.5, 0.6) is 0 Å². The van der Waals surface area contributed by atoms with Crippen LogP contribution in [0.25, 0.3) is 0 Å². The lowest BCUT2D eigenvalue weighted by atomic mass is 9.99. The van der Waals surface area contributed by atoms with E-state index in [9.17, 15) is 4.39 Å². The average molecular weight is 327 g/mol. The summed E-state index contributed by atoms with van der Waals surface area (Å²) >= 11 is 3.49. The predicted molar refractivity (Wildman–Crippen MR) is 78.6 cm³/mol. The van der Waals surface area contributed by atoms with Crippen molar-refractivity contribution in [3.05, 3.63) is 34.1 Å². The summed E-state index contributed by atoms with van der Waals surface area (Å²) in [5.41, 5.74) is 1.01. The normalized spacial score (nSPS) is 27.5. The highest BCUT2D eigenvalue weighted by molar-refractivity contribution is 9.10. The van der Waals surface area contributed by atoms with E-state index < -0.39 is 0 Å². The van der Waals surface area contributed by atoms with Crippen molar-refractivity contribution in [1.29, 1.82) is 0 Å². The van der Waals surface area contributed by atoms with E-state index in [1.165, 1.54) is 44.8 Å². The van der Waals surface area contributed by atoms with E-state index in [1.807, 2.05) is 0 Å². The molecule has 2 nitrogen and oxygen atoms in total. The maximum absolute atomic E-state index is 13.3. The van der Waals surface area contributed by atoms with E-state index in [4.69, 9.17) is 0 Å². The van der Waals surface area contributed by atoms with Gasteiger partial charge in [-0.3, -0.25) is 4.90 Å². The molecule has 2 fully saturated rings. The third-order valence-electron chi connectivity index (χ3n) is 4.42. The number of piperidine rings is 1. The first-order valence-electron chi connectivity index (χ1n) is 7.15. The molecule has 2 heterocycles. The number of nitrogens with one attached hydrogen (secondary N) is 1. The monoisotopic (exact) mass is 326 g/mol. The highest BCUT2D eigenvalue weighted by atomic mass is 79.9. The summed E-state index contributed by atoms with van der Waals surface area (Å²) in [5.74, 6) is -0.161. The standard InChI is InChI=1S/C15H20BrFN2/c16-13-5-4-12(17)9-11(13)10-18-14-6-8-19-7-2-1-3-15(14)19/h4-5,9,14-15,18H,1-3,6-8,10H2. The summed E-state index contributed by atoms with van der Waals surface area (Å²) in [6, 6.07) is 6.15. The molecule has 0 bridgehead atoms. The Hall–Kier alpha value is -0.450. The first kappa shape index (κ1) is 13.5. The van der Waals surface area contributed by atoms with Gasteiger partial charge in [0.25, 0.3) is 0 Å². The molecule has 2 unspecified atom stereocenters. The second-order valence-corrected chi connectivity index (χ2v) is 6.47. The molecule has 3 rings (SSSR count). The molecule has 0 saturated carbocycles. The molecule has 104 valence electrons. The molecule has 0 aliphatic carbocycles. The van der Waals surface area contributed by atoms with E-state index in [2.05, 4.69) is 26.1 Å². The van der Waals surface area contributed by atoms with Crippen molar-refractivity contribution < 1.29 is 4.39 Å². The summed E-state index contributed by atoms with van der Waals surface area (Å²) in [6.45, 7) is 3.21. The summed E-state index contributed by atoms with van der Waals surface area (Å²) in [4.78, 5) is 2.61. The van der Waals surface area contributed by atoms with Crippen molar-refractivity contribution in [3.8, 4) is 0 Å². The predicted octanol–water partition coefficient (Wildman–Crippen LogP) is 3.30. The lowest BCUT2D eigenvalue weighted by molar-refractivity contribution is 0.180. The summed E-state index contributed by atoms with van der Waals surface area (Å²) in [7, 11) is 0. The lowest BCUT2D eigenvalue weighted by Crippen LogP contribution is -2.44. The van der Waals surface area contributed by atoms with Crippen molar-refractivity contribution in [2.45, 2.75) is 44.3 Å². The third kappa shape index (κ3) is 3.01. The molecular weight excluding hydrogens is 307 g/mol. The number of benzene rings is 1. The molecule has 2 aliphatic rings. The highest BCUT2D eigenvalue weighted by Crippen LogP contribution is 2.27. The van der Waals surface area contributed by atoms with Gasteiger partial charge in [0.1, 0.15) is 5.82 Å². The van der Waals surface area contributed by atoms with Gasteiger partial charge in [0.05, 0.1) is 0 Å². The van der Waals surface area contributed by atoms with Gasteiger partial charge in [-0.1, -0.05) is 22.4 Å². The van der Waals surface area contributed by atoms with E-state index >= 15 is 0 Å². The summed E-state index contributed by atoms with van der Waals surface area (Å²) in [6.07, 6.45) is 5.22. The molecule has 0 aromatic heterocycles. The fraction of sp³-hybridized carbons (Fsp3) is 0.600. The van der Waals surface area contributed by atoms with Crippen LogP contribution in [-0.4, -0.2) is 30.1 Å². The molecule has 2 saturated heterocycles. The molecule has 2 atom stereocenters. The topological polar surface area (TPSA) is 15.3 Å². The van der Waals surface area contributed by atoms with Gasteiger partial charge in [-0.2, -0.15) is 0 Å². The fourth-order valence-corrected chi connectivity index (χ4v) is 3.79. The van der Waals surface area contributed by atoms with Gasteiger partial charge in [-0.25, -0.2) is 4.39 Å². The Morgan fingerprint density at radius 2 is 2.16 bits per heavy atom. The zero-order valence-corrected chi connectivity index (χ0v) is 12.6. The SMILES string of the molecule is Fc1ccc(Br)c(CNC2CCN3CCCCC23)c1. The average Bonchev–Trinajstić information content (AvgIpc) is 2.83. The van der Waals surface area contributed by atoms with Crippen molar-refractivity contribution >= 4 is 15.9 Å².